The molecule has 0 aliphatic carbocycles. The number of likely N-dealkylation sites (tertiary alicyclic amines) is 1. The number of rotatable bonds is 2. The number of carbonyl (C=O) groups excluding carboxylic acids is 1. The van der Waals surface area contributed by atoms with Crippen molar-refractivity contribution >= 4 is 39.3 Å². The molecule has 0 radical (unpaired) electrons. The molecular formula is C14H16BrClN4O2. The van der Waals surface area contributed by atoms with Crippen molar-refractivity contribution in [3.63, 3.8) is 0 Å². The summed E-state index contributed by atoms with van der Waals surface area (Å²) in [6, 6.07) is 0. The lowest BCUT2D eigenvalue weighted by atomic mass is 9.95. The highest BCUT2D eigenvalue weighted by Crippen LogP contribution is 2.29. The van der Waals surface area contributed by atoms with Crippen molar-refractivity contribution in [1.82, 2.24) is 19.3 Å². The van der Waals surface area contributed by atoms with Gasteiger partial charge in [0.05, 0.1) is 18.5 Å². The third-order valence-corrected chi connectivity index (χ3v) is 4.63. The highest BCUT2D eigenvalue weighted by Gasteiger charge is 2.27. The molecule has 1 aliphatic rings. The molecular weight excluding hydrogens is 372 g/mol. The highest BCUT2D eigenvalue weighted by atomic mass is 79.9. The van der Waals surface area contributed by atoms with Gasteiger partial charge in [-0.15, -0.1) is 0 Å². The zero-order valence-corrected chi connectivity index (χ0v) is 14.5. The molecule has 0 saturated carbocycles. The quantitative estimate of drug-likeness (QED) is 0.791. The molecule has 6 nitrogen and oxygen atoms in total. The number of imidazole rings is 1. The average molecular weight is 388 g/mol. The third-order valence-electron chi connectivity index (χ3n) is 3.79. The zero-order valence-electron chi connectivity index (χ0n) is 12.1. The number of amides is 1. The number of fused-ring (bicyclic) bond motifs is 1. The predicted molar refractivity (Wildman–Crippen MR) is 86.3 cm³/mol. The van der Waals surface area contributed by atoms with E-state index in [1.54, 1.807) is 11.1 Å². The largest absolute Gasteiger partial charge is 0.450 e. The molecule has 3 rings (SSSR count). The van der Waals surface area contributed by atoms with E-state index in [4.69, 9.17) is 16.3 Å². The lowest BCUT2D eigenvalue weighted by Crippen LogP contribution is -2.39. The summed E-state index contributed by atoms with van der Waals surface area (Å²) in [7, 11) is 0. The van der Waals surface area contributed by atoms with Gasteiger partial charge in [-0.05, 0) is 35.7 Å². The number of carbonyl (C=O) groups is 1. The molecule has 2 aromatic rings. The molecule has 1 saturated heterocycles. The Hall–Kier alpha value is -1.34. The van der Waals surface area contributed by atoms with E-state index in [-0.39, 0.29) is 12.0 Å². The van der Waals surface area contributed by atoms with Gasteiger partial charge in [0.25, 0.3) is 0 Å². The molecule has 1 aliphatic heterocycles. The lowest BCUT2D eigenvalue weighted by molar-refractivity contribution is 0.0955. The number of hydrogen-bond donors (Lipinski definition) is 0. The summed E-state index contributed by atoms with van der Waals surface area (Å²) < 4.78 is 7.78. The Bertz CT molecular complexity index is 705. The maximum atomic E-state index is 11.9. The second-order valence-corrected chi connectivity index (χ2v) is 6.39. The number of halogens is 2. The van der Waals surface area contributed by atoms with E-state index in [9.17, 15) is 4.79 Å². The van der Waals surface area contributed by atoms with Crippen LogP contribution in [0.3, 0.4) is 0 Å². The fourth-order valence-electron chi connectivity index (χ4n) is 2.74. The minimum absolute atomic E-state index is 0.148. The molecule has 0 N–H and O–H groups in total. The van der Waals surface area contributed by atoms with Gasteiger partial charge >= 0.3 is 6.09 Å². The molecule has 3 heterocycles. The van der Waals surface area contributed by atoms with Crippen LogP contribution in [0.2, 0.25) is 5.15 Å². The summed E-state index contributed by atoms with van der Waals surface area (Å²) in [5, 5.41) is 0.372. The first-order chi connectivity index (χ1) is 10.6. The molecule has 0 bridgehead atoms. The van der Waals surface area contributed by atoms with Crippen molar-refractivity contribution in [3.05, 3.63) is 27.8 Å². The minimum Gasteiger partial charge on any atom is -0.450 e. The van der Waals surface area contributed by atoms with E-state index in [2.05, 4.69) is 25.9 Å². The van der Waals surface area contributed by atoms with E-state index in [1.165, 1.54) is 0 Å². The molecule has 0 spiro atoms. The zero-order chi connectivity index (χ0) is 15.7. The van der Waals surface area contributed by atoms with Crippen LogP contribution in [-0.4, -0.2) is 45.1 Å². The van der Waals surface area contributed by atoms with Crippen LogP contribution < -0.4 is 0 Å². The third kappa shape index (κ3) is 2.92. The Morgan fingerprint density at radius 3 is 3.18 bits per heavy atom. The summed E-state index contributed by atoms with van der Waals surface area (Å²) in [5.41, 5.74) is 1.49. The Labute approximate surface area is 141 Å². The van der Waals surface area contributed by atoms with Crippen LogP contribution in [-0.2, 0) is 4.74 Å². The van der Waals surface area contributed by atoms with Crippen LogP contribution in [0.5, 0.6) is 0 Å². The van der Waals surface area contributed by atoms with Gasteiger partial charge in [-0.1, -0.05) is 11.6 Å². The van der Waals surface area contributed by atoms with Gasteiger partial charge in [0.15, 0.2) is 10.8 Å². The Morgan fingerprint density at radius 1 is 1.59 bits per heavy atom. The molecule has 22 heavy (non-hydrogen) atoms. The first-order valence-electron chi connectivity index (χ1n) is 7.21. The molecule has 118 valence electrons. The first-order valence-corrected chi connectivity index (χ1v) is 8.38. The fourth-order valence-corrected chi connectivity index (χ4v) is 3.35. The molecule has 2 aromatic heterocycles. The predicted octanol–water partition coefficient (Wildman–Crippen LogP) is 3.48. The SMILES string of the molecule is CCOC(=O)N1CCCC(c2cn3c(Br)cnc3c(Cl)n2)C1. The molecule has 0 aromatic carbocycles. The number of hydrogen-bond acceptors (Lipinski definition) is 4. The van der Waals surface area contributed by atoms with Crippen molar-refractivity contribution < 1.29 is 9.53 Å². The lowest BCUT2D eigenvalue weighted by Gasteiger charge is -2.31. The Kier molecular flexibility index (Phi) is 4.54. The number of piperidine rings is 1. The first kappa shape index (κ1) is 15.6. The van der Waals surface area contributed by atoms with Gasteiger partial charge in [-0.3, -0.25) is 4.40 Å². The second-order valence-electron chi connectivity index (χ2n) is 5.22. The van der Waals surface area contributed by atoms with Crippen molar-refractivity contribution in [2.75, 3.05) is 19.7 Å². The molecule has 8 heteroatoms. The summed E-state index contributed by atoms with van der Waals surface area (Å²) >= 11 is 9.67. The van der Waals surface area contributed by atoms with Gasteiger partial charge in [0.2, 0.25) is 0 Å². The Morgan fingerprint density at radius 2 is 2.41 bits per heavy atom. The van der Waals surface area contributed by atoms with Gasteiger partial charge < -0.3 is 9.64 Å². The van der Waals surface area contributed by atoms with Crippen LogP contribution in [0.4, 0.5) is 4.79 Å². The topological polar surface area (TPSA) is 59.7 Å². The molecule has 1 atom stereocenters. The van der Waals surface area contributed by atoms with Gasteiger partial charge in [-0.2, -0.15) is 0 Å². The number of aromatic nitrogens is 3. The van der Waals surface area contributed by atoms with Crippen LogP contribution in [0.25, 0.3) is 5.65 Å². The summed E-state index contributed by atoms with van der Waals surface area (Å²) in [4.78, 5) is 22.3. The Balaban J connectivity index is 1.87. The molecule has 1 amide bonds. The van der Waals surface area contributed by atoms with E-state index in [1.807, 2.05) is 17.5 Å². The standard InChI is InChI=1S/C14H16BrClN4O2/c1-2-22-14(21)19-5-3-4-9(7-19)10-8-20-11(15)6-17-13(20)12(16)18-10/h6,8-9H,2-5,7H2,1H3. The fraction of sp³-hybridized carbons (Fsp3) is 0.500. The van der Waals surface area contributed by atoms with E-state index in [0.29, 0.717) is 24.0 Å². The second kappa shape index (κ2) is 6.42. The molecule has 1 unspecified atom stereocenters. The van der Waals surface area contributed by atoms with E-state index in [0.717, 1.165) is 29.7 Å². The number of nitrogens with zero attached hydrogens (tertiary/aromatic N) is 4. The maximum Gasteiger partial charge on any atom is 0.409 e. The summed E-state index contributed by atoms with van der Waals surface area (Å²) in [5.74, 6) is 0.148. The van der Waals surface area contributed by atoms with Crippen LogP contribution >= 0.6 is 27.5 Å². The number of ether oxygens (including phenoxy) is 1. The van der Waals surface area contributed by atoms with Crippen molar-refractivity contribution in [2.45, 2.75) is 25.7 Å². The smallest absolute Gasteiger partial charge is 0.409 e. The van der Waals surface area contributed by atoms with Gasteiger partial charge in [0, 0.05) is 25.2 Å². The van der Waals surface area contributed by atoms with Crippen LogP contribution in [0.1, 0.15) is 31.4 Å². The summed E-state index contributed by atoms with van der Waals surface area (Å²) in [6.07, 6.45) is 5.25. The summed E-state index contributed by atoms with van der Waals surface area (Å²) in [6.45, 7) is 3.52. The van der Waals surface area contributed by atoms with Crippen molar-refractivity contribution in [3.8, 4) is 0 Å². The minimum atomic E-state index is -0.261. The monoisotopic (exact) mass is 386 g/mol. The van der Waals surface area contributed by atoms with Crippen molar-refractivity contribution in [2.24, 2.45) is 0 Å². The highest BCUT2D eigenvalue weighted by molar-refractivity contribution is 9.10. The van der Waals surface area contributed by atoms with Crippen molar-refractivity contribution in [1.29, 1.82) is 0 Å². The maximum absolute atomic E-state index is 11.9. The average Bonchev–Trinajstić information content (AvgIpc) is 2.90. The van der Waals surface area contributed by atoms with Crippen LogP contribution in [0, 0.1) is 0 Å². The van der Waals surface area contributed by atoms with Gasteiger partial charge in [0.1, 0.15) is 4.60 Å². The van der Waals surface area contributed by atoms with E-state index >= 15 is 0 Å². The molecule has 1 fully saturated rings. The van der Waals surface area contributed by atoms with Crippen LogP contribution in [0.15, 0.2) is 17.0 Å². The van der Waals surface area contributed by atoms with Gasteiger partial charge in [-0.25, -0.2) is 14.8 Å². The van der Waals surface area contributed by atoms with E-state index < -0.39 is 0 Å². The normalized spacial score (nSPS) is 18.7.